The minimum atomic E-state index is -3.54. The Morgan fingerprint density at radius 2 is 1.81 bits per heavy atom. The molecule has 3 rings (SSSR count). The van der Waals surface area contributed by atoms with E-state index in [0.29, 0.717) is 43.4 Å². The van der Waals surface area contributed by atoms with Crippen molar-refractivity contribution >= 4 is 15.8 Å². The Morgan fingerprint density at radius 1 is 1.12 bits per heavy atom. The van der Waals surface area contributed by atoms with Gasteiger partial charge in [0.25, 0.3) is 5.56 Å². The predicted molar refractivity (Wildman–Crippen MR) is 101 cm³/mol. The molecule has 0 spiro atoms. The Bertz CT molecular complexity index is 961. The van der Waals surface area contributed by atoms with Crippen molar-refractivity contribution in [3.8, 4) is 0 Å². The Labute approximate surface area is 153 Å². The maximum Gasteiger partial charge on any atom is 0.293 e. The smallest absolute Gasteiger partial charge is 0.293 e. The van der Waals surface area contributed by atoms with Gasteiger partial charge in [0.15, 0.2) is 5.82 Å². The zero-order valence-corrected chi connectivity index (χ0v) is 16.2. The molecule has 2 heterocycles. The summed E-state index contributed by atoms with van der Waals surface area (Å²) in [6.07, 6.45) is 3.27. The largest absolute Gasteiger partial charge is 0.349 e. The molecule has 8 heteroatoms. The van der Waals surface area contributed by atoms with E-state index in [1.54, 1.807) is 23.0 Å². The van der Waals surface area contributed by atoms with Crippen molar-refractivity contribution in [3.63, 3.8) is 0 Å². The molecule has 0 N–H and O–H groups in total. The lowest BCUT2D eigenvalue weighted by molar-refractivity contribution is 0.382. The van der Waals surface area contributed by atoms with E-state index in [9.17, 15) is 13.2 Å². The Balaban J connectivity index is 1.80. The van der Waals surface area contributed by atoms with E-state index < -0.39 is 10.0 Å². The van der Waals surface area contributed by atoms with Crippen molar-refractivity contribution < 1.29 is 8.42 Å². The zero-order valence-electron chi connectivity index (χ0n) is 15.3. The first kappa shape index (κ1) is 18.6. The van der Waals surface area contributed by atoms with E-state index in [1.165, 1.54) is 4.31 Å². The first-order valence-corrected chi connectivity index (χ1v) is 10.2. The van der Waals surface area contributed by atoms with E-state index in [2.05, 4.69) is 4.98 Å². The van der Waals surface area contributed by atoms with Crippen molar-refractivity contribution in [3.05, 3.63) is 52.1 Å². The summed E-state index contributed by atoms with van der Waals surface area (Å²) in [5.41, 5.74) is 1.52. The number of aromatic nitrogens is 2. The highest BCUT2D eigenvalue weighted by Crippen LogP contribution is 2.23. The fourth-order valence-corrected chi connectivity index (χ4v) is 4.90. The molecule has 26 heavy (non-hydrogen) atoms. The molecule has 7 nitrogen and oxygen atoms in total. The van der Waals surface area contributed by atoms with Gasteiger partial charge in [-0.1, -0.05) is 12.1 Å². The van der Waals surface area contributed by atoms with Crippen molar-refractivity contribution in [2.45, 2.75) is 32.2 Å². The van der Waals surface area contributed by atoms with E-state index in [0.717, 1.165) is 11.1 Å². The maximum atomic E-state index is 13.0. The van der Waals surface area contributed by atoms with Gasteiger partial charge in [-0.3, -0.25) is 4.79 Å². The number of anilines is 1. The summed E-state index contributed by atoms with van der Waals surface area (Å²) in [4.78, 5) is 18.8. The van der Waals surface area contributed by atoms with Crippen LogP contribution in [0.2, 0.25) is 0 Å². The zero-order chi connectivity index (χ0) is 18.9. The lowest BCUT2D eigenvalue weighted by Gasteiger charge is -2.34. The van der Waals surface area contributed by atoms with Gasteiger partial charge in [-0.2, -0.15) is 4.31 Å². The highest BCUT2D eigenvalue weighted by atomic mass is 32.2. The van der Waals surface area contributed by atoms with Crippen LogP contribution in [-0.2, 0) is 16.6 Å². The average Bonchev–Trinajstić information content (AvgIpc) is 2.64. The second-order valence-electron chi connectivity index (χ2n) is 6.50. The maximum absolute atomic E-state index is 13.0. The van der Waals surface area contributed by atoms with Gasteiger partial charge in [-0.05, 0) is 38.0 Å². The van der Waals surface area contributed by atoms with E-state index in [1.807, 2.05) is 37.8 Å². The van der Waals surface area contributed by atoms with Crippen molar-refractivity contribution in [2.75, 3.05) is 31.1 Å². The second-order valence-corrected chi connectivity index (χ2v) is 8.41. The van der Waals surface area contributed by atoms with Crippen LogP contribution in [0.15, 0.2) is 40.3 Å². The third-order valence-electron chi connectivity index (χ3n) is 4.74. The summed E-state index contributed by atoms with van der Waals surface area (Å²) < 4.78 is 29.1. The molecule has 2 aromatic rings. The van der Waals surface area contributed by atoms with Crippen LogP contribution >= 0.6 is 0 Å². The number of hydrogen-bond acceptors (Lipinski definition) is 5. The third kappa shape index (κ3) is 3.39. The predicted octanol–water partition coefficient (Wildman–Crippen LogP) is 1.39. The highest BCUT2D eigenvalue weighted by Gasteiger charge is 2.30. The fourth-order valence-electron chi connectivity index (χ4n) is 3.17. The van der Waals surface area contributed by atoms with Gasteiger partial charge < -0.3 is 9.47 Å². The monoisotopic (exact) mass is 376 g/mol. The van der Waals surface area contributed by atoms with Gasteiger partial charge in [0, 0.05) is 45.1 Å². The number of rotatable bonds is 4. The molecule has 1 aliphatic rings. The molecule has 0 atom stereocenters. The summed E-state index contributed by atoms with van der Waals surface area (Å²) in [7, 11) is -3.54. The van der Waals surface area contributed by atoms with Gasteiger partial charge in [0.05, 0.1) is 4.90 Å². The molecular weight excluding hydrogens is 352 g/mol. The van der Waals surface area contributed by atoms with Crippen LogP contribution in [0.4, 0.5) is 5.82 Å². The van der Waals surface area contributed by atoms with Crippen LogP contribution < -0.4 is 10.5 Å². The minimum Gasteiger partial charge on any atom is -0.349 e. The van der Waals surface area contributed by atoms with Crippen LogP contribution in [0.1, 0.15) is 18.1 Å². The fraction of sp³-hybridized carbons (Fsp3) is 0.444. The third-order valence-corrected chi connectivity index (χ3v) is 6.78. The number of hydrogen-bond donors (Lipinski definition) is 0. The Kier molecular flexibility index (Phi) is 5.15. The summed E-state index contributed by atoms with van der Waals surface area (Å²) in [5.74, 6) is 0.387. The molecule has 1 aromatic carbocycles. The standard InChI is InChI=1S/C18H24N4O3S/c1-4-20-8-7-19-17(18(20)23)21-9-11-22(12-10-21)26(24,25)16-13-14(2)5-6-15(16)3/h5-8,13H,4,9-12H2,1-3H3. The van der Waals surface area contributed by atoms with Crippen molar-refractivity contribution in [2.24, 2.45) is 0 Å². The lowest BCUT2D eigenvalue weighted by atomic mass is 10.2. The topological polar surface area (TPSA) is 75.5 Å². The first-order chi connectivity index (χ1) is 12.3. The summed E-state index contributed by atoms with van der Waals surface area (Å²) in [5, 5.41) is 0. The van der Waals surface area contributed by atoms with Crippen LogP contribution in [0.25, 0.3) is 0 Å². The Morgan fingerprint density at radius 3 is 2.46 bits per heavy atom. The molecule has 1 aromatic heterocycles. The first-order valence-electron chi connectivity index (χ1n) is 8.72. The average molecular weight is 376 g/mol. The molecule has 1 aliphatic heterocycles. The molecular formula is C18H24N4O3S. The molecule has 140 valence electrons. The highest BCUT2D eigenvalue weighted by molar-refractivity contribution is 7.89. The molecule has 0 unspecified atom stereocenters. The second kappa shape index (κ2) is 7.20. The molecule has 0 radical (unpaired) electrons. The van der Waals surface area contributed by atoms with Crippen LogP contribution in [0, 0.1) is 13.8 Å². The van der Waals surface area contributed by atoms with Crippen LogP contribution in [0.5, 0.6) is 0 Å². The quantitative estimate of drug-likeness (QED) is 0.806. The summed E-state index contributed by atoms with van der Waals surface area (Å²) in [6, 6.07) is 5.46. The molecule has 0 aliphatic carbocycles. The molecule has 0 amide bonds. The van der Waals surface area contributed by atoms with Gasteiger partial charge in [-0.15, -0.1) is 0 Å². The molecule has 1 fully saturated rings. The molecule has 1 saturated heterocycles. The number of piperazine rings is 1. The number of nitrogens with zero attached hydrogens (tertiary/aromatic N) is 4. The van der Waals surface area contributed by atoms with E-state index >= 15 is 0 Å². The normalized spacial score (nSPS) is 16.0. The molecule has 0 bridgehead atoms. The van der Waals surface area contributed by atoms with Crippen molar-refractivity contribution in [1.82, 2.24) is 13.9 Å². The minimum absolute atomic E-state index is 0.138. The number of aryl methyl sites for hydroxylation is 3. The number of benzene rings is 1. The summed E-state index contributed by atoms with van der Waals surface area (Å²) >= 11 is 0. The van der Waals surface area contributed by atoms with Gasteiger partial charge >= 0.3 is 0 Å². The number of sulfonamides is 1. The molecule has 0 saturated carbocycles. The van der Waals surface area contributed by atoms with E-state index in [4.69, 9.17) is 0 Å². The Hall–Kier alpha value is -2.19. The van der Waals surface area contributed by atoms with Crippen LogP contribution in [-0.4, -0.2) is 48.5 Å². The SMILES string of the molecule is CCn1ccnc(N2CCN(S(=O)(=O)c3cc(C)ccc3C)CC2)c1=O. The lowest BCUT2D eigenvalue weighted by Crippen LogP contribution is -2.50. The van der Waals surface area contributed by atoms with E-state index in [-0.39, 0.29) is 5.56 Å². The van der Waals surface area contributed by atoms with Crippen LogP contribution in [0.3, 0.4) is 0 Å². The van der Waals surface area contributed by atoms with Gasteiger partial charge in [0.2, 0.25) is 10.0 Å². The summed E-state index contributed by atoms with van der Waals surface area (Å²) in [6.45, 7) is 7.73. The van der Waals surface area contributed by atoms with Gasteiger partial charge in [-0.25, -0.2) is 13.4 Å². The van der Waals surface area contributed by atoms with Crippen molar-refractivity contribution in [1.29, 1.82) is 0 Å². The van der Waals surface area contributed by atoms with Gasteiger partial charge in [0.1, 0.15) is 0 Å².